The Balaban J connectivity index is 1.86. The molecule has 0 aromatic carbocycles. The Hall–Kier alpha value is -1.39. The van der Waals surface area contributed by atoms with Crippen LogP contribution >= 0.6 is 0 Å². The topological polar surface area (TPSA) is 44.8 Å². The Morgan fingerprint density at radius 3 is 2.29 bits per heavy atom. The van der Waals surface area contributed by atoms with Crippen LogP contribution in [0.1, 0.15) is 85.0 Å². The monoisotopic (exact) mass is 392 g/mol. The molecule has 1 fully saturated rings. The molecule has 1 atom stereocenters. The molecule has 4 nitrogen and oxygen atoms in total. The molecule has 4 heteroatoms. The van der Waals surface area contributed by atoms with E-state index in [4.69, 9.17) is 14.2 Å². The van der Waals surface area contributed by atoms with Crippen molar-refractivity contribution in [1.82, 2.24) is 0 Å². The van der Waals surface area contributed by atoms with Crippen LogP contribution in [0, 0.1) is 0 Å². The van der Waals surface area contributed by atoms with Gasteiger partial charge < -0.3 is 14.2 Å². The molecule has 1 unspecified atom stereocenters. The molecule has 0 spiro atoms. The van der Waals surface area contributed by atoms with Crippen molar-refractivity contribution in [2.75, 3.05) is 13.2 Å². The third-order valence-corrected chi connectivity index (χ3v) is 4.53. The van der Waals surface area contributed by atoms with Crippen LogP contribution in [0.3, 0.4) is 0 Å². The van der Waals surface area contributed by atoms with E-state index in [1.54, 1.807) is 0 Å². The van der Waals surface area contributed by atoms with Gasteiger partial charge in [-0.3, -0.25) is 4.79 Å². The minimum Gasteiger partial charge on any atom is -0.463 e. The van der Waals surface area contributed by atoms with Crippen molar-refractivity contribution >= 4 is 5.97 Å². The van der Waals surface area contributed by atoms with Gasteiger partial charge in [-0.1, -0.05) is 62.6 Å². The second-order valence-electron chi connectivity index (χ2n) is 7.73. The van der Waals surface area contributed by atoms with E-state index in [1.807, 2.05) is 13.8 Å². The summed E-state index contributed by atoms with van der Waals surface area (Å²) in [5, 5.41) is 0. The lowest BCUT2D eigenvalue weighted by molar-refractivity contribution is -0.158. The Bertz CT molecular complexity index is 491. The average molecular weight is 393 g/mol. The van der Waals surface area contributed by atoms with Crippen LogP contribution in [-0.4, -0.2) is 31.1 Å². The maximum Gasteiger partial charge on any atom is 0.305 e. The van der Waals surface area contributed by atoms with Gasteiger partial charge in [0.2, 0.25) is 0 Å². The molecule has 0 amide bonds. The number of carbonyl (C=O) groups excluding carboxylic acids is 1. The lowest BCUT2D eigenvalue weighted by Crippen LogP contribution is -2.25. The lowest BCUT2D eigenvalue weighted by atomic mass is 10.1. The van der Waals surface area contributed by atoms with E-state index in [0.717, 1.165) is 38.5 Å². The maximum absolute atomic E-state index is 11.8. The van der Waals surface area contributed by atoms with Crippen LogP contribution in [0.4, 0.5) is 0 Å². The van der Waals surface area contributed by atoms with Crippen molar-refractivity contribution in [2.24, 2.45) is 0 Å². The Kier molecular flexibility index (Phi) is 13.7. The first-order valence-corrected chi connectivity index (χ1v) is 11.0. The van der Waals surface area contributed by atoms with E-state index in [-0.39, 0.29) is 12.1 Å². The minimum absolute atomic E-state index is 0.130. The molecule has 160 valence electrons. The molecule has 28 heavy (non-hydrogen) atoms. The van der Waals surface area contributed by atoms with Gasteiger partial charge >= 0.3 is 5.97 Å². The van der Waals surface area contributed by atoms with Crippen LogP contribution < -0.4 is 0 Å². The van der Waals surface area contributed by atoms with E-state index < -0.39 is 5.79 Å². The molecular formula is C24H40O4. The van der Waals surface area contributed by atoms with Crippen molar-refractivity contribution in [3.05, 3.63) is 36.5 Å². The van der Waals surface area contributed by atoms with E-state index in [2.05, 4.69) is 43.4 Å². The Morgan fingerprint density at radius 2 is 1.61 bits per heavy atom. The van der Waals surface area contributed by atoms with Gasteiger partial charge in [0.15, 0.2) is 5.79 Å². The van der Waals surface area contributed by atoms with E-state index >= 15 is 0 Å². The normalized spacial score (nSPS) is 19.3. The van der Waals surface area contributed by atoms with Crippen LogP contribution in [-0.2, 0) is 19.0 Å². The van der Waals surface area contributed by atoms with Gasteiger partial charge in [0, 0.05) is 6.42 Å². The lowest BCUT2D eigenvalue weighted by Gasteiger charge is -2.16. The molecular weight excluding hydrogens is 352 g/mol. The highest BCUT2D eigenvalue weighted by molar-refractivity contribution is 5.69. The summed E-state index contributed by atoms with van der Waals surface area (Å²) < 4.78 is 16.3. The number of carbonyl (C=O) groups is 1. The van der Waals surface area contributed by atoms with Crippen molar-refractivity contribution in [1.29, 1.82) is 0 Å². The van der Waals surface area contributed by atoms with Crippen molar-refractivity contribution < 1.29 is 19.0 Å². The number of rotatable bonds is 15. The highest BCUT2D eigenvalue weighted by Crippen LogP contribution is 2.22. The zero-order chi connectivity index (χ0) is 20.5. The predicted octanol–water partition coefficient (Wildman–Crippen LogP) is 6.27. The minimum atomic E-state index is -0.561. The summed E-state index contributed by atoms with van der Waals surface area (Å²) >= 11 is 0. The van der Waals surface area contributed by atoms with Crippen molar-refractivity contribution in [2.45, 2.75) is 96.9 Å². The third kappa shape index (κ3) is 13.7. The second-order valence-corrected chi connectivity index (χ2v) is 7.73. The van der Waals surface area contributed by atoms with Crippen LogP contribution in [0.15, 0.2) is 36.5 Å². The fourth-order valence-electron chi connectivity index (χ4n) is 2.99. The summed E-state index contributed by atoms with van der Waals surface area (Å²) in [7, 11) is 0. The molecule has 0 radical (unpaired) electrons. The molecule has 0 saturated carbocycles. The summed E-state index contributed by atoms with van der Waals surface area (Å²) in [4.78, 5) is 11.8. The number of hydrogen-bond donors (Lipinski definition) is 0. The molecule has 0 N–H and O–H groups in total. The number of allylic oxidation sites excluding steroid dienone is 6. The first-order valence-electron chi connectivity index (χ1n) is 11.0. The van der Waals surface area contributed by atoms with E-state index in [9.17, 15) is 4.79 Å². The van der Waals surface area contributed by atoms with Crippen LogP contribution in [0.2, 0.25) is 0 Å². The molecule has 1 heterocycles. The molecule has 0 aromatic rings. The molecule has 0 aliphatic carbocycles. The largest absolute Gasteiger partial charge is 0.463 e. The van der Waals surface area contributed by atoms with Crippen molar-refractivity contribution in [3.8, 4) is 0 Å². The highest BCUT2D eigenvalue weighted by atomic mass is 16.7. The molecule has 1 rings (SSSR count). The summed E-state index contributed by atoms with van der Waals surface area (Å²) in [5.74, 6) is -0.691. The van der Waals surface area contributed by atoms with Crippen LogP contribution in [0.25, 0.3) is 0 Å². The number of esters is 1. The molecule has 0 aromatic heterocycles. The summed E-state index contributed by atoms with van der Waals surface area (Å²) in [6, 6.07) is 0. The highest BCUT2D eigenvalue weighted by Gasteiger charge is 2.33. The first kappa shape index (κ1) is 24.6. The van der Waals surface area contributed by atoms with E-state index in [1.165, 1.54) is 19.3 Å². The summed E-state index contributed by atoms with van der Waals surface area (Å²) in [6.07, 6.45) is 23.7. The first-order chi connectivity index (χ1) is 13.5. The van der Waals surface area contributed by atoms with Gasteiger partial charge in [-0.15, -0.1) is 0 Å². The number of ether oxygens (including phenoxy) is 3. The van der Waals surface area contributed by atoms with Crippen molar-refractivity contribution in [3.63, 3.8) is 0 Å². The fraction of sp³-hybridized carbons (Fsp3) is 0.708. The zero-order valence-electron chi connectivity index (χ0n) is 18.2. The Morgan fingerprint density at radius 1 is 0.964 bits per heavy atom. The predicted molar refractivity (Wildman–Crippen MR) is 115 cm³/mol. The summed E-state index contributed by atoms with van der Waals surface area (Å²) in [5.41, 5.74) is 0. The second kappa shape index (κ2) is 15.5. The van der Waals surface area contributed by atoms with Gasteiger partial charge in [-0.25, -0.2) is 0 Å². The van der Waals surface area contributed by atoms with Gasteiger partial charge in [0.05, 0.1) is 6.61 Å². The number of hydrogen-bond acceptors (Lipinski definition) is 4. The van der Waals surface area contributed by atoms with Gasteiger partial charge in [-0.2, -0.15) is 0 Å². The number of unbranched alkanes of at least 4 members (excludes halogenated alkanes) is 5. The standard InChI is InChI=1S/C24H40O4/c1-4-5-6-7-8-9-10-11-12-13-14-15-16-17-18-19-23(25)26-20-22-21-27-24(2,3)28-22/h5-6,8-9,11-12,22H,4,7,10,13-21H2,1-3H3/b6-5-,9-8-,12-11-. The summed E-state index contributed by atoms with van der Waals surface area (Å²) in [6.45, 7) is 6.67. The zero-order valence-corrected chi connectivity index (χ0v) is 18.2. The van der Waals surface area contributed by atoms with E-state index in [0.29, 0.717) is 19.6 Å². The fourth-order valence-corrected chi connectivity index (χ4v) is 2.99. The average Bonchev–Trinajstić information content (AvgIpc) is 3.02. The van der Waals surface area contributed by atoms with Gasteiger partial charge in [0.25, 0.3) is 0 Å². The quantitative estimate of drug-likeness (QED) is 0.187. The van der Waals surface area contributed by atoms with Gasteiger partial charge in [0.1, 0.15) is 12.7 Å². The molecule has 1 aliphatic heterocycles. The Labute approximate surface area is 172 Å². The van der Waals surface area contributed by atoms with Crippen LogP contribution in [0.5, 0.6) is 0 Å². The molecule has 1 aliphatic rings. The van der Waals surface area contributed by atoms with Gasteiger partial charge in [-0.05, 0) is 52.4 Å². The molecule has 0 bridgehead atoms. The smallest absolute Gasteiger partial charge is 0.305 e. The third-order valence-electron chi connectivity index (χ3n) is 4.53. The SMILES string of the molecule is CC/C=C\C/C=C\C/C=C\CCCCCCCC(=O)OCC1COC(C)(C)O1. The molecule has 1 saturated heterocycles. The maximum atomic E-state index is 11.8.